The Morgan fingerprint density at radius 2 is 1.96 bits per heavy atom. The van der Waals surface area contributed by atoms with Gasteiger partial charge < -0.3 is 11.1 Å². The summed E-state index contributed by atoms with van der Waals surface area (Å²) >= 11 is 1.61. The molecule has 3 rings (SSSR count). The molecule has 5 nitrogen and oxygen atoms in total. The van der Waals surface area contributed by atoms with Crippen molar-refractivity contribution in [2.24, 2.45) is 11.1 Å². The van der Waals surface area contributed by atoms with Gasteiger partial charge in [-0.2, -0.15) is 0 Å². The Hall–Kier alpha value is -1.89. The van der Waals surface area contributed by atoms with Crippen LogP contribution in [-0.4, -0.2) is 21.8 Å². The molecule has 0 radical (unpaired) electrons. The van der Waals surface area contributed by atoms with Crippen molar-refractivity contribution in [1.29, 1.82) is 0 Å². The van der Waals surface area contributed by atoms with Gasteiger partial charge in [0.2, 0.25) is 5.91 Å². The number of halogens is 1. The highest BCUT2D eigenvalue weighted by Crippen LogP contribution is 2.28. The normalized spacial score (nSPS) is 11.3. The number of nitrogens with one attached hydrogen (secondary N) is 1. The molecule has 1 aromatic carbocycles. The first-order chi connectivity index (χ1) is 11.6. The van der Waals surface area contributed by atoms with Gasteiger partial charge in [-0.3, -0.25) is 9.20 Å². The average Bonchev–Trinajstić information content (AvgIpc) is 3.19. The average molecular weight is 379 g/mol. The van der Waals surface area contributed by atoms with Gasteiger partial charge in [0.25, 0.3) is 0 Å². The van der Waals surface area contributed by atoms with Crippen LogP contribution in [0.4, 0.5) is 5.69 Å². The highest BCUT2D eigenvalue weighted by atomic mass is 35.5. The van der Waals surface area contributed by atoms with E-state index in [4.69, 9.17) is 5.73 Å². The van der Waals surface area contributed by atoms with Gasteiger partial charge in [-0.15, -0.1) is 23.7 Å². The summed E-state index contributed by atoms with van der Waals surface area (Å²) in [7, 11) is 0. The third-order valence-electron chi connectivity index (χ3n) is 4.76. The monoisotopic (exact) mass is 378 g/mol. The molecule has 1 amide bonds. The maximum atomic E-state index is 12.6. The Bertz CT molecular complexity index is 799. The van der Waals surface area contributed by atoms with E-state index in [9.17, 15) is 4.79 Å². The lowest BCUT2D eigenvalue weighted by molar-refractivity contribution is -0.125. The van der Waals surface area contributed by atoms with Crippen molar-refractivity contribution in [2.45, 2.75) is 26.7 Å². The zero-order valence-corrected chi connectivity index (χ0v) is 16.0. The molecule has 0 spiro atoms. The number of nitrogens with two attached hydrogens (primary N) is 1. The fourth-order valence-corrected chi connectivity index (χ4v) is 3.51. The number of hydrogen-bond donors (Lipinski definition) is 2. The van der Waals surface area contributed by atoms with Crippen LogP contribution < -0.4 is 11.1 Å². The molecule has 0 aliphatic rings. The number of anilines is 1. The first-order valence-electron chi connectivity index (χ1n) is 8.16. The van der Waals surface area contributed by atoms with E-state index in [1.54, 1.807) is 11.3 Å². The number of hydrogen-bond acceptors (Lipinski definition) is 4. The quantitative estimate of drug-likeness (QED) is 0.675. The number of fused-ring (bicyclic) bond motifs is 1. The van der Waals surface area contributed by atoms with Crippen molar-refractivity contribution >= 4 is 40.3 Å². The number of nitrogens with zero attached hydrogens (tertiary/aromatic N) is 2. The lowest BCUT2D eigenvalue weighted by Gasteiger charge is -2.28. The van der Waals surface area contributed by atoms with Gasteiger partial charge in [-0.1, -0.05) is 26.0 Å². The second-order valence-corrected chi connectivity index (χ2v) is 6.82. The molecule has 0 aliphatic heterocycles. The Labute approximate surface area is 157 Å². The maximum absolute atomic E-state index is 12.6. The van der Waals surface area contributed by atoms with E-state index in [1.807, 2.05) is 60.3 Å². The SMILES string of the molecule is CCC(CC)(CN)C(=O)Nc1ccc(-c2cn3ccsc3n2)cc1.Cl. The van der Waals surface area contributed by atoms with E-state index in [0.717, 1.165) is 34.7 Å². The third-order valence-corrected chi connectivity index (χ3v) is 5.53. The van der Waals surface area contributed by atoms with Crippen LogP contribution in [0.25, 0.3) is 16.2 Å². The van der Waals surface area contributed by atoms with Gasteiger partial charge in [0, 0.05) is 35.6 Å². The van der Waals surface area contributed by atoms with Gasteiger partial charge in [-0.25, -0.2) is 4.98 Å². The van der Waals surface area contributed by atoms with Crippen LogP contribution in [0.5, 0.6) is 0 Å². The number of benzene rings is 1. The molecule has 7 heteroatoms. The van der Waals surface area contributed by atoms with Gasteiger partial charge >= 0.3 is 0 Å². The molecule has 134 valence electrons. The van der Waals surface area contributed by atoms with E-state index in [2.05, 4.69) is 10.3 Å². The Kier molecular flexibility index (Phi) is 6.21. The fraction of sp³-hybridized carbons (Fsp3) is 0.333. The summed E-state index contributed by atoms with van der Waals surface area (Å²) in [6.07, 6.45) is 5.46. The van der Waals surface area contributed by atoms with Crippen molar-refractivity contribution in [2.75, 3.05) is 11.9 Å². The molecule has 3 aromatic rings. The van der Waals surface area contributed by atoms with Crippen molar-refractivity contribution in [3.63, 3.8) is 0 Å². The fourth-order valence-electron chi connectivity index (χ4n) is 2.81. The summed E-state index contributed by atoms with van der Waals surface area (Å²) in [6, 6.07) is 7.77. The number of aromatic nitrogens is 2. The minimum Gasteiger partial charge on any atom is -0.329 e. The largest absolute Gasteiger partial charge is 0.329 e. The zero-order chi connectivity index (χ0) is 17.2. The van der Waals surface area contributed by atoms with Gasteiger partial charge in [-0.05, 0) is 25.0 Å². The zero-order valence-electron chi connectivity index (χ0n) is 14.4. The summed E-state index contributed by atoms with van der Waals surface area (Å²) in [5, 5.41) is 5.00. The van der Waals surface area contributed by atoms with E-state index in [1.165, 1.54) is 0 Å². The molecular formula is C18H23ClN4OS. The molecule has 2 aromatic heterocycles. The number of carbonyl (C=O) groups excluding carboxylic acids is 1. The lowest BCUT2D eigenvalue weighted by atomic mass is 9.81. The molecule has 0 aliphatic carbocycles. The molecule has 2 heterocycles. The number of rotatable bonds is 6. The molecule has 0 saturated carbocycles. The van der Waals surface area contributed by atoms with Crippen LogP contribution in [-0.2, 0) is 4.79 Å². The van der Waals surface area contributed by atoms with E-state index in [-0.39, 0.29) is 18.3 Å². The number of thiazole rings is 1. The molecule has 25 heavy (non-hydrogen) atoms. The summed E-state index contributed by atoms with van der Waals surface area (Å²) < 4.78 is 2.01. The molecule has 0 saturated heterocycles. The second-order valence-electron chi connectivity index (χ2n) is 5.94. The van der Waals surface area contributed by atoms with Crippen molar-refractivity contribution in [3.8, 4) is 11.3 Å². The summed E-state index contributed by atoms with van der Waals surface area (Å²) in [4.78, 5) is 18.1. The predicted molar refractivity (Wildman–Crippen MR) is 106 cm³/mol. The highest BCUT2D eigenvalue weighted by Gasteiger charge is 2.33. The molecule has 0 atom stereocenters. The molecule has 0 fully saturated rings. The topological polar surface area (TPSA) is 72.4 Å². The summed E-state index contributed by atoms with van der Waals surface area (Å²) in [6.45, 7) is 4.36. The molecule has 0 bridgehead atoms. The number of imidazole rings is 1. The maximum Gasteiger partial charge on any atom is 0.231 e. The minimum absolute atomic E-state index is 0. The van der Waals surface area contributed by atoms with Crippen LogP contribution in [0.3, 0.4) is 0 Å². The molecular weight excluding hydrogens is 356 g/mol. The van der Waals surface area contributed by atoms with Crippen LogP contribution in [0.1, 0.15) is 26.7 Å². The van der Waals surface area contributed by atoms with Gasteiger partial charge in [0.05, 0.1) is 11.1 Å². The van der Waals surface area contributed by atoms with E-state index >= 15 is 0 Å². The Morgan fingerprint density at radius 3 is 2.52 bits per heavy atom. The predicted octanol–water partition coefficient (Wildman–Crippen LogP) is 4.19. The standard InChI is InChI=1S/C18H22N4OS.ClH/c1-3-18(4-2,12-19)16(23)20-14-7-5-13(6-8-14)15-11-22-9-10-24-17(22)21-15;/h5-11H,3-4,12,19H2,1-2H3,(H,20,23);1H. The van der Waals surface area contributed by atoms with E-state index in [0.29, 0.717) is 6.54 Å². The summed E-state index contributed by atoms with van der Waals surface area (Å²) in [5.41, 5.74) is 8.09. The lowest BCUT2D eigenvalue weighted by Crippen LogP contribution is -2.41. The molecule has 0 unspecified atom stereocenters. The first kappa shape index (κ1) is 19.4. The van der Waals surface area contributed by atoms with Crippen LogP contribution >= 0.6 is 23.7 Å². The number of amides is 1. The van der Waals surface area contributed by atoms with Crippen molar-refractivity contribution in [1.82, 2.24) is 9.38 Å². The third kappa shape index (κ3) is 3.71. The number of carbonyl (C=O) groups is 1. The molecule has 3 N–H and O–H groups in total. The highest BCUT2D eigenvalue weighted by molar-refractivity contribution is 7.15. The van der Waals surface area contributed by atoms with Crippen LogP contribution in [0.2, 0.25) is 0 Å². The Morgan fingerprint density at radius 1 is 1.28 bits per heavy atom. The summed E-state index contributed by atoms with van der Waals surface area (Å²) in [5.74, 6) is -0.00902. The Balaban J connectivity index is 0.00000225. The first-order valence-corrected chi connectivity index (χ1v) is 9.04. The second kappa shape index (κ2) is 7.99. The van der Waals surface area contributed by atoms with E-state index < -0.39 is 5.41 Å². The smallest absolute Gasteiger partial charge is 0.231 e. The van der Waals surface area contributed by atoms with Gasteiger partial charge in [0.1, 0.15) is 0 Å². The van der Waals surface area contributed by atoms with Crippen molar-refractivity contribution < 1.29 is 4.79 Å². The van der Waals surface area contributed by atoms with Crippen LogP contribution in [0.15, 0.2) is 42.0 Å². The minimum atomic E-state index is -0.493. The van der Waals surface area contributed by atoms with Crippen molar-refractivity contribution in [3.05, 3.63) is 42.0 Å². The van der Waals surface area contributed by atoms with Gasteiger partial charge in [0.15, 0.2) is 4.96 Å². The van der Waals surface area contributed by atoms with Crippen LogP contribution in [0, 0.1) is 5.41 Å².